The fourth-order valence-electron chi connectivity index (χ4n) is 2.10. The topological polar surface area (TPSA) is 96.5 Å². The summed E-state index contributed by atoms with van der Waals surface area (Å²) in [5.41, 5.74) is 0.905. The second kappa shape index (κ2) is 9.94. The number of rotatable bonds is 7. The van der Waals surface area contributed by atoms with Crippen molar-refractivity contribution in [1.82, 2.24) is 10.6 Å². The third kappa shape index (κ3) is 8.57. The van der Waals surface area contributed by atoms with Crippen LogP contribution in [0.25, 0.3) is 0 Å². The molecule has 2 atom stereocenters. The minimum absolute atomic E-state index is 0.0335. The molecule has 1 aromatic carbocycles. The van der Waals surface area contributed by atoms with E-state index in [1.54, 1.807) is 33.8 Å². The summed E-state index contributed by atoms with van der Waals surface area (Å²) in [7, 11) is 0. The van der Waals surface area contributed by atoms with Crippen molar-refractivity contribution in [3.63, 3.8) is 0 Å². The van der Waals surface area contributed by atoms with Crippen LogP contribution < -0.4 is 16.0 Å². The van der Waals surface area contributed by atoms with E-state index in [1.165, 1.54) is 0 Å². The molecule has 1 aromatic rings. The van der Waals surface area contributed by atoms with Crippen molar-refractivity contribution >= 4 is 23.6 Å². The van der Waals surface area contributed by atoms with E-state index in [9.17, 15) is 14.4 Å². The monoisotopic (exact) mass is 377 g/mol. The molecule has 27 heavy (non-hydrogen) atoms. The summed E-state index contributed by atoms with van der Waals surface area (Å²) in [5, 5.41) is 8.12. The Morgan fingerprint density at radius 3 is 2.37 bits per heavy atom. The highest BCUT2D eigenvalue weighted by molar-refractivity contribution is 5.92. The number of hydrogen-bond acceptors (Lipinski definition) is 4. The predicted octanol–water partition coefficient (Wildman–Crippen LogP) is 3.20. The molecule has 0 fully saturated rings. The molecule has 0 aliphatic carbocycles. The van der Waals surface area contributed by atoms with Crippen molar-refractivity contribution in [3.8, 4) is 0 Å². The van der Waals surface area contributed by atoms with Gasteiger partial charge in [0.1, 0.15) is 11.6 Å². The first-order valence-corrected chi connectivity index (χ1v) is 9.19. The van der Waals surface area contributed by atoms with Crippen LogP contribution in [-0.4, -0.2) is 29.6 Å². The van der Waals surface area contributed by atoms with Gasteiger partial charge in [0, 0.05) is 18.2 Å². The molecular formula is C20H31N3O4. The van der Waals surface area contributed by atoms with Crippen molar-refractivity contribution in [2.75, 3.05) is 5.32 Å². The number of anilines is 1. The minimum Gasteiger partial charge on any atom is -0.444 e. The highest BCUT2D eigenvalue weighted by Crippen LogP contribution is 2.13. The number of carbonyl (C=O) groups excluding carboxylic acids is 3. The van der Waals surface area contributed by atoms with E-state index in [0.29, 0.717) is 5.69 Å². The first-order valence-electron chi connectivity index (χ1n) is 9.19. The van der Waals surface area contributed by atoms with Crippen LogP contribution in [-0.2, 0) is 20.9 Å². The van der Waals surface area contributed by atoms with Gasteiger partial charge in [-0.2, -0.15) is 0 Å². The van der Waals surface area contributed by atoms with Gasteiger partial charge in [0.2, 0.25) is 11.8 Å². The Morgan fingerprint density at radius 2 is 1.78 bits per heavy atom. The Morgan fingerprint density at radius 1 is 1.11 bits per heavy atom. The second-order valence-electron chi connectivity index (χ2n) is 7.58. The first-order chi connectivity index (χ1) is 12.5. The molecule has 0 bridgehead atoms. The Balaban J connectivity index is 2.55. The van der Waals surface area contributed by atoms with Crippen molar-refractivity contribution in [2.45, 2.75) is 66.2 Å². The summed E-state index contributed by atoms with van der Waals surface area (Å²) in [6, 6.07) is 6.56. The number of carbonyl (C=O) groups is 3. The van der Waals surface area contributed by atoms with Gasteiger partial charge >= 0.3 is 6.09 Å². The maximum absolute atomic E-state index is 12.2. The molecule has 0 aliphatic rings. The summed E-state index contributed by atoms with van der Waals surface area (Å²) in [6.45, 7) is 11.0. The molecule has 1 rings (SSSR count). The lowest BCUT2D eigenvalue weighted by molar-refractivity contribution is -0.123. The summed E-state index contributed by atoms with van der Waals surface area (Å²) >= 11 is 0. The molecule has 0 saturated heterocycles. The SMILES string of the molecule is CCC(C)C(=O)Nc1cccc(CNC(=O)[C@@H](C)NC(=O)OC(C)(C)C)c1. The average Bonchev–Trinajstić information content (AvgIpc) is 2.57. The number of nitrogens with one attached hydrogen (secondary N) is 3. The molecule has 3 N–H and O–H groups in total. The van der Waals surface area contributed by atoms with Gasteiger partial charge in [-0.1, -0.05) is 26.0 Å². The fourth-order valence-corrected chi connectivity index (χ4v) is 2.10. The molecule has 1 unspecified atom stereocenters. The third-order valence-corrected chi connectivity index (χ3v) is 3.85. The number of hydrogen-bond donors (Lipinski definition) is 3. The number of benzene rings is 1. The lowest BCUT2D eigenvalue weighted by Gasteiger charge is -2.21. The van der Waals surface area contributed by atoms with Crippen molar-refractivity contribution < 1.29 is 19.1 Å². The molecule has 0 heterocycles. The molecule has 3 amide bonds. The van der Waals surface area contributed by atoms with Gasteiger partial charge < -0.3 is 20.7 Å². The molecule has 0 aromatic heterocycles. The van der Waals surface area contributed by atoms with Crippen molar-refractivity contribution in [1.29, 1.82) is 0 Å². The Bertz CT molecular complexity index is 667. The minimum atomic E-state index is -0.729. The summed E-state index contributed by atoms with van der Waals surface area (Å²) in [6.07, 6.45) is 0.129. The van der Waals surface area contributed by atoms with Crippen LogP contribution >= 0.6 is 0 Å². The highest BCUT2D eigenvalue weighted by atomic mass is 16.6. The van der Waals surface area contributed by atoms with E-state index in [4.69, 9.17) is 4.74 Å². The lowest BCUT2D eigenvalue weighted by atomic mass is 10.1. The zero-order valence-corrected chi connectivity index (χ0v) is 17.0. The molecule has 7 nitrogen and oxygen atoms in total. The van der Waals surface area contributed by atoms with Gasteiger partial charge in [-0.05, 0) is 51.8 Å². The van der Waals surface area contributed by atoms with E-state index in [-0.39, 0.29) is 24.3 Å². The highest BCUT2D eigenvalue weighted by Gasteiger charge is 2.20. The second-order valence-corrected chi connectivity index (χ2v) is 7.58. The number of ether oxygens (including phenoxy) is 1. The molecule has 0 saturated carbocycles. The van der Waals surface area contributed by atoms with Crippen LogP contribution in [0.4, 0.5) is 10.5 Å². The van der Waals surface area contributed by atoms with Crippen LogP contribution in [0, 0.1) is 5.92 Å². The molecule has 0 radical (unpaired) electrons. The van der Waals surface area contributed by atoms with Crippen LogP contribution in [0.2, 0.25) is 0 Å². The van der Waals surface area contributed by atoms with Gasteiger partial charge in [0.15, 0.2) is 0 Å². The molecule has 0 spiro atoms. The fraction of sp³-hybridized carbons (Fsp3) is 0.550. The molecule has 150 valence electrons. The van der Waals surface area contributed by atoms with Crippen molar-refractivity contribution in [2.24, 2.45) is 5.92 Å². The van der Waals surface area contributed by atoms with Gasteiger partial charge in [-0.25, -0.2) is 4.79 Å². The summed E-state index contributed by atoms with van der Waals surface area (Å²) < 4.78 is 5.13. The molecule has 0 aliphatic heterocycles. The average molecular weight is 377 g/mol. The van der Waals surface area contributed by atoms with E-state index < -0.39 is 17.7 Å². The normalized spacial score (nSPS) is 13.3. The zero-order chi connectivity index (χ0) is 20.6. The van der Waals surface area contributed by atoms with E-state index >= 15 is 0 Å². The predicted molar refractivity (Wildman–Crippen MR) is 105 cm³/mol. The quantitative estimate of drug-likeness (QED) is 0.680. The maximum atomic E-state index is 12.2. The number of amides is 3. The zero-order valence-electron chi connectivity index (χ0n) is 17.0. The van der Waals surface area contributed by atoms with E-state index in [0.717, 1.165) is 12.0 Å². The van der Waals surface area contributed by atoms with Crippen LogP contribution in [0.15, 0.2) is 24.3 Å². The van der Waals surface area contributed by atoms with E-state index in [1.807, 2.05) is 32.0 Å². The number of alkyl carbamates (subject to hydrolysis) is 1. The van der Waals surface area contributed by atoms with Crippen molar-refractivity contribution in [3.05, 3.63) is 29.8 Å². The first kappa shape index (κ1) is 22.5. The summed E-state index contributed by atoms with van der Waals surface area (Å²) in [5.74, 6) is -0.420. The Labute approximate surface area is 161 Å². The maximum Gasteiger partial charge on any atom is 0.408 e. The Hall–Kier alpha value is -2.57. The van der Waals surface area contributed by atoms with E-state index in [2.05, 4.69) is 16.0 Å². The van der Waals surface area contributed by atoms with Gasteiger partial charge in [0.25, 0.3) is 0 Å². The lowest BCUT2D eigenvalue weighted by Crippen LogP contribution is -2.46. The van der Waals surface area contributed by atoms with Crippen LogP contribution in [0.3, 0.4) is 0 Å². The van der Waals surface area contributed by atoms with Crippen LogP contribution in [0.1, 0.15) is 53.5 Å². The van der Waals surface area contributed by atoms with Crippen LogP contribution in [0.5, 0.6) is 0 Å². The largest absolute Gasteiger partial charge is 0.444 e. The summed E-state index contributed by atoms with van der Waals surface area (Å²) in [4.78, 5) is 35.9. The van der Waals surface area contributed by atoms with Gasteiger partial charge in [-0.15, -0.1) is 0 Å². The smallest absolute Gasteiger partial charge is 0.408 e. The molecule has 7 heteroatoms. The molecular weight excluding hydrogens is 346 g/mol. The third-order valence-electron chi connectivity index (χ3n) is 3.85. The standard InChI is InChI=1S/C20H31N3O4/c1-7-13(2)17(24)23-16-10-8-9-15(11-16)12-21-18(25)14(3)22-19(26)27-20(4,5)6/h8-11,13-14H,7,12H2,1-6H3,(H,21,25)(H,22,26)(H,23,24)/t13?,14-/m1/s1. The Kier molecular flexibility index (Phi) is 8.28. The van der Waals surface area contributed by atoms with Gasteiger partial charge in [-0.3, -0.25) is 9.59 Å². The van der Waals surface area contributed by atoms with Gasteiger partial charge in [0.05, 0.1) is 0 Å².